The number of benzene rings is 2. The first-order valence-corrected chi connectivity index (χ1v) is 7.85. The van der Waals surface area contributed by atoms with E-state index in [0.29, 0.717) is 11.3 Å². The zero-order valence-corrected chi connectivity index (χ0v) is 14.2. The molecule has 6 nitrogen and oxygen atoms in total. The molecule has 0 spiro atoms. The van der Waals surface area contributed by atoms with Gasteiger partial charge in [0.25, 0.3) is 5.91 Å². The standard InChI is InChI=1S/C20H17NO5/c1-3-13-26-20(24)17-8-6-5-7-16(17)18(22)21-15-11-9-14(10-12-15)19(23)25-4-2/h1,5-12H,4,13H2,2H3,(H,21,22). The maximum atomic E-state index is 12.5. The molecular weight excluding hydrogens is 334 g/mol. The van der Waals surface area contributed by atoms with Gasteiger partial charge < -0.3 is 14.8 Å². The Kier molecular flexibility index (Phi) is 6.52. The highest BCUT2D eigenvalue weighted by molar-refractivity contribution is 6.11. The molecule has 0 aliphatic rings. The summed E-state index contributed by atoms with van der Waals surface area (Å²) in [5.41, 5.74) is 1.12. The van der Waals surface area contributed by atoms with Crippen LogP contribution in [0.4, 0.5) is 5.69 Å². The van der Waals surface area contributed by atoms with Crippen molar-refractivity contribution >= 4 is 23.5 Å². The molecule has 0 bridgehead atoms. The van der Waals surface area contributed by atoms with E-state index in [-0.39, 0.29) is 24.3 Å². The first-order chi connectivity index (χ1) is 12.6. The molecule has 0 aliphatic carbocycles. The van der Waals surface area contributed by atoms with Gasteiger partial charge in [0.05, 0.1) is 23.3 Å². The number of rotatable bonds is 6. The minimum absolute atomic E-state index is 0.114. The molecule has 0 unspecified atom stereocenters. The molecule has 2 aromatic carbocycles. The highest BCUT2D eigenvalue weighted by Gasteiger charge is 2.18. The average Bonchev–Trinajstić information content (AvgIpc) is 2.66. The Balaban J connectivity index is 2.14. The van der Waals surface area contributed by atoms with E-state index in [4.69, 9.17) is 15.9 Å². The quantitative estimate of drug-likeness (QED) is 0.639. The van der Waals surface area contributed by atoms with Crippen molar-refractivity contribution in [2.24, 2.45) is 0 Å². The molecule has 0 aliphatic heterocycles. The van der Waals surface area contributed by atoms with Crippen molar-refractivity contribution < 1.29 is 23.9 Å². The zero-order valence-electron chi connectivity index (χ0n) is 14.2. The van der Waals surface area contributed by atoms with Crippen LogP contribution in [0, 0.1) is 12.3 Å². The van der Waals surface area contributed by atoms with Crippen LogP contribution in [0.3, 0.4) is 0 Å². The van der Waals surface area contributed by atoms with Crippen LogP contribution in [-0.2, 0) is 9.47 Å². The van der Waals surface area contributed by atoms with Gasteiger partial charge in [-0.2, -0.15) is 0 Å². The molecule has 0 saturated heterocycles. The maximum Gasteiger partial charge on any atom is 0.339 e. The van der Waals surface area contributed by atoms with Crippen molar-refractivity contribution in [1.82, 2.24) is 0 Å². The number of esters is 2. The fourth-order valence-corrected chi connectivity index (χ4v) is 2.15. The second kappa shape index (κ2) is 9.04. The topological polar surface area (TPSA) is 81.7 Å². The minimum atomic E-state index is -0.675. The minimum Gasteiger partial charge on any atom is -0.462 e. The molecule has 2 aromatic rings. The molecule has 0 radical (unpaired) electrons. The van der Waals surface area contributed by atoms with E-state index in [1.165, 1.54) is 12.1 Å². The number of ether oxygens (including phenoxy) is 2. The molecule has 2 rings (SSSR count). The molecule has 1 amide bonds. The highest BCUT2D eigenvalue weighted by Crippen LogP contribution is 2.15. The Morgan fingerprint density at radius 3 is 2.23 bits per heavy atom. The number of carbonyl (C=O) groups is 3. The SMILES string of the molecule is C#CCOC(=O)c1ccccc1C(=O)Nc1ccc(C(=O)OCC)cc1. The largest absolute Gasteiger partial charge is 0.462 e. The van der Waals surface area contributed by atoms with Crippen molar-refractivity contribution in [3.05, 3.63) is 65.2 Å². The van der Waals surface area contributed by atoms with E-state index in [1.54, 1.807) is 43.3 Å². The lowest BCUT2D eigenvalue weighted by atomic mass is 10.1. The molecule has 0 aromatic heterocycles. The average molecular weight is 351 g/mol. The number of anilines is 1. The van der Waals surface area contributed by atoms with Crippen molar-refractivity contribution in [2.75, 3.05) is 18.5 Å². The third-order valence-corrected chi connectivity index (χ3v) is 3.33. The van der Waals surface area contributed by atoms with Gasteiger partial charge >= 0.3 is 11.9 Å². The van der Waals surface area contributed by atoms with Gasteiger partial charge in [0.15, 0.2) is 6.61 Å². The van der Waals surface area contributed by atoms with Crippen molar-refractivity contribution in [2.45, 2.75) is 6.92 Å². The van der Waals surface area contributed by atoms with Crippen LogP contribution in [0.1, 0.15) is 38.0 Å². The fraction of sp³-hybridized carbons (Fsp3) is 0.150. The lowest BCUT2D eigenvalue weighted by Gasteiger charge is -2.10. The number of nitrogens with one attached hydrogen (secondary N) is 1. The summed E-state index contributed by atoms with van der Waals surface area (Å²) in [6.45, 7) is 1.83. The lowest BCUT2D eigenvalue weighted by Crippen LogP contribution is -2.18. The number of hydrogen-bond donors (Lipinski definition) is 1. The Labute approximate surface area is 151 Å². The van der Waals surface area contributed by atoms with Crippen LogP contribution in [0.15, 0.2) is 48.5 Å². The van der Waals surface area contributed by atoms with Gasteiger partial charge in [-0.15, -0.1) is 6.42 Å². The van der Waals surface area contributed by atoms with Gasteiger partial charge in [-0.05, 0) is 43.3 Å². The van der Waals surface area contributed by atoms with Gasteiger partial charge in [-0.25, -0.2) is 9.59 Å². The Morgan fingerprint density at radius 2 is 1.62 bits per heavy atom. The van der Waals surface area contributed by atoms with Crippen LogP contribution in [0.25, 0.3) is 0 Å². The number of carbonyl (C=O) groups excluding carboxylic acids is 3. The second-order valence-corrected chi connectivity index (χ2v) is 5.08. The molecule has 0 atom stereocenters. The lowest BCUT2D eigenvalue weighted by molar-refractivity contribution is 0.0523. The molecule has 1 N–H and O–H groups in total. The van der Waals surface area contributed by atoms with Gasteiger partial charge in [-0.3, -0.25) is 4.79 Å². The van der Waals surface area contributed by atoms with E-state index in [9.17, 15) is 14.4 Å². The predicted octanol–water partition coefficient (Wildman–Crippen LogP) is 2.91. The van der Waals surface area contributed by atoms with Gasteiger partial charge in [0, 0.05) is 5.69 Å². The van der Waals surface area contributed by atoms with E-state index in [2.05, 4.69) is 11.2 Å². The summed E-state index contributed by atoms with van der Waals surface area (Å²) in [6, 6.07) is 12.5. The first kappa shape index (κ1) is 18.7. The van der Waals surface area contributed by atoms with Crippen molar-refractivity contribution in [1.29, 1.82) is 0 Å². The number of hydrogen-bond acceptors (Lipinski definition) is 5. The normalized spacial score (nSPS) is 9.69. The number of amides is 1. The summed E-state index contributed by atoms with van der Waals surface area (Å²) in [4.78, 5) is 36.1. The summed E-state index contributed by atoms with van der Waals surface area (Å²) < 4.78 is 9.78. The molecule has 0 saturated carbocycles. The molecule has 0 heterocycles. The number of terminal acetylenes is 1. The summed E-state index contributed by atoms with van der Waals surface area (Å²) in [5, 5.41) is 2.67. The van der Waals surface area contributed by atoms with E-state index >= 15 is 0 Å². The Hall–Kier alpha value is -3.59. The molecule has 6 heteroatoms. The smallest absolute Gasteiger partial charge is 0.339 e. The van der Waals surface area contributed by atoms with Crippen LogP contribution in [0.2, 0.25) is 0 Å². The van der Waals surface area contributed by atoms with E-state index < -0.39 is 17.8 Å². The highest BCUT2D eigenvalue weighted by atomic mass is 16.5. The molecule has 26 heavy (non-hydrogen) atoms. The van der Waals surface area contributed by atoms with Crippen LogP contribution < -0.4 is 5.32 Å². The summed E-state index contributed by atoms with van der Waals surface area (Å²) in [7, 11) is 0. The van der Waals surface area contributed by atoms with Crippen LogP contribution in [-0.4, -0.2) is 31.1 Å². The summed E-state index contributed by atoms with van der Waals surface area (Å²) in [6.07, 6.45) is 5.07. The van der Waals surface area contributed by atoms with Crippen LogP contribution >= 0.6 is 0 Å². The predicted molar refractivity (Wildman–Crippen MR) is 95.9 cm³/mol. The monoisotopic (exact) mass is 351 g/mol. The van der Waals surface area contributed by atoms with Gasteiger partial charge in [0.2, 0.25) is 0 Å². The zero-order chi connectivity index (χ0) is 18.9. The Morgan fingerprint density at radius 1 is 0.962 bits per heavy atom. The fourth-order valence-electron chi connectivity index (χ4n) is 2.15. The van der Waals surface area contributed by atoms with Crippen LogP contribution in [0.5, 0.6) is 0 Å². The summed E-state index contributed by atoms with van der Waals surface area (Å²) >= 11 is 0. The van der Waals surface area contributed by atoms with E-state index in [0.717, 1.165) is 0 Å². The molecular formula is C20H17NO5. The third-order valence-electron chi connectivity index (χ3n) is 3.33. The second-order valence-electron chi connectivity index (χ2n) is 5.08. The third kappa shape index (κ3) is 4.71. The Bertz CT molecular complexity index is 849. The molecule has 132 valence electrons. The van der Waals surface area contributed by atoms with Crippen molar-refractivity contribution in [3.63, 3.8) is 0 Å². The molecule has 0 fully saturated rings. The van der Waals surface area contributed by atoms with Crippen molar-refractivity contribution in [3.8, 4) is 12.3 Å². The first-order valence-electron chi connectivity index (χ1n) is 7.85. The van der Waals surface area contributed by atoms with Gasteiger partial charge in [-0.1, -0.05) is 18.1 Å². The summed E-state index contributed by atoms with van der Waals surface area (Å²) in [5.74, 6) is 0.602. The maximum absolute atomic E-state index is 12.5. The van der Waals surface area contributed by atoms with Gasteiger partial charge in [0.1, 0.15) is 0 Å². The van der Waals surface area contributed by atoms with E-state index in [1.807, 2.05) is 0 Å².